The Balaban J connectivity index is 1.44. The van der Waals surface area contributed by atoms with Crippen LogP contribution in [0.3, 0.4) is 0 Å². The molecule has 0 atom stereocenters. The standard InChI is InChI=1S/C27H20FN5O3S2/c1-18-31-32-26(37-18)17-38(35,36)24-9-6-22(15-21(24)5-2-19-3-7-23(28)8-4-19)27(34)30-16-20-10-12-33-13-11-29-25(33)14-20/h3-4,6-15H,16-17H2,1H3,(H,30,34). The molecule has 0 saturated heterocycles. The molecule has 5 aromatic rings. The third kappa shape index (κ3) is 5.77. The van der Waals surface area contributed by atoms with Gasteiger partial charge in [0.15, 0.2) is 9.84 Å². The van der Waals surface area contributed by atoms with Crippen molar-refractivity contribution in [2.75, 3.05) is 0 Å². The number of pyridine rings is 1. The number of benzene rings is 2. The normalized spacial score (nSPS) is 11.2. The number of nitrogens with one attached hydrogen (secondary N) is 1. The smallest absolute Gasteiger partial charge is 0.251 e. The zero-order valence-corrected chi connectivity index (χ0v) is 21.7. The lowest BCUT2D eigenvalue weighted by atomic mass is 10.1. The van der Waals surface area contributed by atoms with Gasteiger partial charge in [-0.15, -0.1) is 21.5 Å². The second-order valence-electron chi connectivity index (χ2n) is 8.35. The molecule has 5 rings (SSSR count). The van der Waals surface area contributed by atoms with E-state index in [4.69, 9.17) is 0 Å². The van der Waals surface area contributed by atoms with Crippen molar-refractivity contribution >= 4 is 32.7 Å². The number of aromatic nitrogens is 4. The number of sulfone groups is 1. The highest BCUT2D eigenvalue weighted by molar-refractivity contribution is 7.90. The first-order valence-electron chi connectivity index (χ1n) is 11.4. The molecular weight excluding hydrogens is 525 g/mol. The maximum atomic E-state index is 13.3. The minimum Gasteiger partial charge on any atom is -0.348 e. The summed E-state index contributed by atoms with van der Waals surface area (Å²) in [6, 6.07) is 13.5. The van der Waals surface area contributed by atoms with Gasteiger partial charge in [0, 0.05) is 41.8 Å². The van der Waals surface area contributed by atoms with Crippen LogP contribution in [0.2, 0.25) is 0 Å². The molecule has 38 heavy (non-hydrogen) atoms. The molecule has 1 N–H and O–H groups in total. The number of nitrogens with zero attached hydrogens (tertiary/aromatic N) is 4. The molecule has 2 aromatic carbocycles. The summed E-state index contributed by atoms with van der Waals surface area (Å²) in [6.45, 7) is 2.00. The number of carbonyl (C=O) groups is 1. The zero-order chi connectivity index (χ0) is 26.7. The minimum absolute atomic E-state index is 0.0266. The fourth-order valence-corrected chi connectivity index (χ4v) is 6.16. The summed E-state index contributed by atoms with van der Waals surface area (Å²) in [6.07, 6.45) is 5.37. The molecule has 0 aliphatic carbocycles. The Labute approximate surface area is 222 Å². The predicted octanol–water partition coefficient (Wildman–Crippen LogP) is 3.94. The molecule has 3 heterocycles. The molecule has 8 nitrogen and oxygen atoms in total. The Hall–Kier alpha value is -4.40. The number of aryl methyl sites for hydroxylation is 1. The van der Waals surface area contributed by atoms with Crippen LogP contribution in [0.25, 0.3) is 5.65 Å². The Morgan fingerprint density at radius 3 is 2.63 bits per heavy atom. The molecule has 0 aliphatic heterocycles. The molecule has 0 spiro atoms. The van der Waals surface area contributed by atoms with Crippen molar-refractivity contribution in [2.24, 2.45) is 0 Å². The summed E-state index contributed by atoms with van der Waals surface area (Å²) < 4.78 is 41.7. The summed E-state index contributed by atoms with van der Waals surface area (Å²) in [5.74, 6) is 4.58. The number of carbonyl (C=O) groups excluding carboxylic acids is 1. The van der Waals surface area contributed by atoms with Gasteiger partial charge in [-0.25, -0.2) is 17.8 Å². The molecule has 0 unspecified atom stereocenters. The Morgan fingerprint density at radius 2 is 1.87 bits per heavy atom. The van der Waals surface area contributed by atoms with E-state index in [1.165, 1.54) is 53.8 Å². The van der Waals surface area contributed by atoms with Crippen molar-refractivity contribution in [1.82, 2.24) is 24.9 Å². The van der Waals surface area contributed by atoms with Gasteiger partial charge in [-0.3, -0.25) is 4.79 Å². The topological polar surface area (TPSA) is 106 Å². The molecule has 1 amide bonds. The van der Waals surface area contributed by atoms with Crippen LogP contribution in [0.15, 0.2) is 78.1 Å². The van der Waals surface area contributed by atoms with Gasteiger partial charge in [-0.2, -0.15) is 0 Å². The second-order valence-corrected chi connectivity index (χ2v) is 11.6. The summed E-state index contributed by atoms with van der Waals surface area (Å²) in [7, 11) is -3.85. The first kappa shape index (κ1) is 25.3. The second kappa shape index (κ2) is 10.5. The molecule has 0 aliphatic rings. The number of rotatable bonds is 6. The third-order valence-electron chi connectivity index (χ3n) is 5.56. The highest BCUT2D eigenvalue weighted by Gasteiger charge is 2.22. The van der Waals surface area contributed by atoms with Gasteiger partial charge in [-0.05, 0) is 67.1 Å². The molecule has 0 saturated carbocycles. The predicted molar refractivity (Wildman–Crippen MR) is 141 cm³/mol. The lowest BCUT2D eigenvalue weighted by Crippen LogP contribution is -2.23. The van der Waals surface area contributed by atoms with E-state index in [0.29, 0.717) is 15.6 Å². The van der Waals surface area contributed by atoms with E-state index < -0.39 is 15.7 Å². The van der Waals surface area contributed by atoms with Crippen LogP contribution < -0.4 is 5.32 Å². The SMILES string of the molecule is Cc1nnc(CS(=O)(=O)c2ccc(C(=O)NCc3ccn4ccnc4c3)cc2C#Cc2ccc(F)cc2)s1. The maximum Gasteiger partial charge on any atom is 0.251 e. The lowest BCUT2D eigenvalue weighted by molar-refractivity contribution is 0.0950. The molecule has 0 bridgehead atoms. The minimum atomic E-state index is -3.85. The van der Waals surface area contributed by atoms with Gasteiger partial charge in [0.25, 0.3) is 5.91 Å². The van der Waals surface area contributed by atoms with Crippen molar-refractivity contribution in [1.29, 1.82) is 0 Å². The molecule has 0 fully saturated rings. The number of amides is 1. The maximum absolute atomic E-state index is 13.3. The van der Waals surface area contributed by atoms with E-state index in [1.807, 2.05) is 28.9 Å². The molecule has 11 heteroatoms. The largest absolute Gasteiger partial charge is 0.348 e. The first-order chi connectivity index (χ1) is 18.3. The summed E-state index contributed by atoms with van der Waals surface area (Å²) >= 11 is 1.20. The monoisotopic (exact) mass is 545 g/mol. The van der Waals surface area contributed by atoms with Gasteiger partial charge in [0.05, 0.1) is 4.90 Å². The fourth-order valence-electron chi connectivity index (χ4n) is 3.70. The van der Waals surface area contributed by atoms with Gasteiger partial charge < -0.3 is 9.72 Å². The van der Waals surface area contributed by atoms with E-state index in [0.717, 1.165) is 11.2 Å². The molecule has 190 valence electrons. The Kier molecular flexibility index (Phi) is 7.00. The van der Waals surface area contributed by atoms with E-state index in [9.17, 15) is 17.6 Å². The van der Waals surface area contributed by atoms with Crippen molar-refractivity contribution < 1.29 is 17.6 Å². The Morgan fingerprint density at radius 1 is 1.05 bits per heavy atom. The Bertz CT molecular complexity index is 1820. The summed E-state index contributed by atoms with van der Waals surface area (Å²) in [5, 5.41) is 11.7. The van der Waals surface area contributed by atoms with E-state index >= 15 is 0 Å². The van der Waals surface area contributed by atoms with Gasteiger partial charge in [-0.1, -0.05) is 11.8 Å². The fraction of sp³-hybridized carbons (Fsp3) is 0.111. The molecule has 0 radical (unpaired) electrons. The van der Waals surface area contributed by atoms with Crippen LogP contribution in [0.5, 0.6) is 0 Å². The lowest BCUT2D eigenvalue weighted by Gasteiger charge is -2.10. The molecular formula is C27H20FN5O3S2. The van der Waals surface area contributed by atoms with Crippen molar-refractivity contribution in [3.8, 4) is 11.8 Å². The quantitative estimate of drug-likeness (QED) is 0.324. The number of hydrogen-bond donors (Lipinski definition) is 1. The first-order valence-corrected chi connectivity index (χ1v) is 13.9. The van der Waals surface area contributed by atoms with Crippen molar-refractivity contribution in [2.45, 2.75) is 24.1 Å². The number of fused-ring (bicyclic) bond motifs is 1. The zero-order valence-electron chi connectivity index (χ0n) is 20.1. The van der Waals surface area contributed by atoms with Gasteiger partial charge in [0.1, 0.15) is 27.2 Å². The van der Waals surface area contributed by atoms with Crippen molar-refractivity contribution in [3.63, 3.8) is 0 Å². The number of halogens is 1. The van der Waals surface area contributed by atoms with Crippen LogP contribution >= 0.6 is 11.3 Å². The summed E-state index contributed by atoms with van der Waals surface area (Å²) in [4.78, 5) is 17.2. The average Bonchev–Trinajstić information content (AvgIpc) is 3.54. The van der Waals surface area contributed by atoms with Crippen LogP contribution in [-0.2, 0) is 22.1 Å². The van der Waals surface area contributed by atoms with Crippen molar-refractivity contribution in [3.05, 3.63) is 111 Å². The number of imidazole rings is 1. The average molecular weight is 546 g/mol. The van der Waals surface area contributed by atoms with E-state index in [2.05, 4.69) is 32.3 Å². The van der Waals surface area contributed by atoms with E-state index in [-0.39, 0.29) is 34.2 Å². The van der Waals surface area contributed by atoms with Crippen LogP contribution in [0, 0.1) is 24.6 Å². The van der Waals surface area contributed by atoms with Gasteiger partial charge in [0.2, 0.25) is 0 Å². The van der Waals surface area contributed by atoms with Crippen LogP contribution in [-0.4, -0.2) is 33.9 Å². The summed E-state index contributed by atoms with van der Waals surface area (Å²) in [5.41, 5.74) is 2.52. The van der Waals surface area contributed by atoms with Crippen LogP contribution in [0.1, 0.15) is 37.1 Å². The third-order valence-corrected chi connectivity index (χ3v) is 8.26. The highest BCUT2D eigenvalue weighted by atomic mass is 32.2. The number of hydrogen-bond acceptors (Lipinski definition) is 7. The van der Waals surface area contributed by atoms with E-state index in [1.54, 1.807) is 13.1 Å². The van der Waals surface area contributed by atoms with Crippen LogP contribution in [0.4, 0.5) is 4.39 Å². The van der Waals surface area contributed by atoms with Gasteiger partial charge >= 0.3 is 0 Å². The molecule has 3 aromatic heterocycles. The highest BCUT2D eigenvalue weighted by Crippen LogP contribution is 2.23.